The molecule has 13 nitrogen and oxygen atoms in total. The van der Waals surface area contributed by atoms with E-state index in [1.807, 2.05) is 54.6 Å². The van der Waals surface area contributed by atoms with E-state index in [2.05, 4.69) is 10.6 Å². The Morgan fingerprint density at radius 2 is 1.89 bits per heavy atom. The smallest absolute Gasteiger partial charge is 0.408 e. The number of pyridine rings is 1. The van der Waals surface area contributed by atoms with Gasteiger partial charge in [-0.15, -0.1) is 0 Å². The Kier molecular flexibility index (Phi) is 9.55. The highest BCUT2D eigenvalue weighted by atomic mass is 16.6. The monoisotopic (exact) mass is 644 g/mol. The highest BCUT2D eigenvalue weighted by Crippen LogP contribution is 2.45. The Labute approximate surface area is 273 Å². The quantitative estimate of drug-likeness (QED) is 0.242. The summed E-state index contributed by atoms with van der Waals surface area (Å²) < 4.78 is 17.3. The number of rotatable bonds is 11. The van der Waals surface area contributed by atoms with Gasteiger partial charge in [0.25, 0.3) is 0 Å². The van der Waals surface area contributed by atoms with Crippen molar-refractivity contribution in [3.8, 4) is 28.8 Å². The minimum absolute atomic E-state index is 0.0675. The highest BCUT2D eigenvalue weighted by Gasteiger charge is 2.51. The number of amides is 3. The number of methoxy groups -OCH3 is 1. The van der Waals surface area contributed by atoms with E-state index in [4.69, 9.17) is 24.9 Å². The molecule has 248 valence electrons. The summed E-state index contributed by atoms with van der Waals surface area (Å²) >= 11 is 0. The second kappa shape index (κ2) is 13.4. The number of likely N-dealkylation sites (tertiary alicyclic amines) is 1. The average molecular weight is 645 g/mol. The van der Waals surface area contributed by atoms with Crippen LogP contribution >= 0.6 is 0 Å². The summed E-state index contributed by atoms with van der Waals surface area (Å²) in [7, 11) is 1.58. The van der Waals surface area contributed by atoms with Crippen LogP contribution in [0.2, 0.25) is 0 Å². The summed E-state index contributed by atoms with van der Waals surface area (Å²) in [5.74, 6) is -0.0373. The molecule has 13 heteroatoms. The fourth-order valence-corrected chi connectivity index (χ4v) is 5.62. The molecule has 1 unspecified atom stereocenters. The Balaban J connectivity index is 1.40. The molecule has 3 aromatic rings. The maximum absolute atomic E-state index is 12.8. The number of aliphatic hydroxyl groups excluding tert-OH is 1. The van der Waals surface area contributed by atoms with Gasteiger partial charge < -0.3 is 35.7 Å². The van der Waals surface area contributed by atoms with Crippen molar-refractivity contribution < 1.29 is 33.7 Å². The van der Waals surface area contributed by atoms with Crippen LogP contribution in [-0.2, 0) is 14.3 Å². The molecular weight excluding hydrogens is 604 g/mol. The predicted octanol–water partition coefficient (Wildman–Crippen LogP) is 2.85. The van der Waals surface area contributed by atoms with Gasteiger partial charge >= 0.3 is 6.09 Å². The van der Waals surface area contributed by atoms with E-state index < -0.39 is 53.3 Å². The molecule has 1 saturated carbocycles. The van der Waals surface area contributed by atoms with Crippen LogP contribution in [0.15, 0.2) is 54.6 Å². The van der Waals surface area contributed by atoms with Gasteiger partial charge in [-0.2, -0.15) is 5.26 Å². The zero-order valence-corrected chi connectivity index (χ0v) is 26.9. The van der Waals surface area contributed by atoms with Crippen molar-refractivity contribution in [2.75, 3.05) is 20.2 Å². The summed E-state index contributed by atoms with van der Waals surface area (Å²) in [5.41, 5.74) is 6.05. The normalized spacial score (nSPS) is 20.0. The number of alkyl carbamates (subject to hydrolysis) is 1. The van der Waals surface area contributed by atoms with E-state index in [1.165, 1.54) is 4.90 Å². The number of nitriles is 1. The van der Waals surface area contributed by atoms with Crippen LogP contribution in [-0.4, -0.2) is 83.1 Å². The zero-order valence-electron chi connectivity index (χ0n) is 26.9. The standard InChI is InChI=1S/C34H40N6O7/c1-33(2,3)47-32(44)39-26(17-37-31(43)34(19-35)12-13-34)30(42)40-18-22(15-27(40)29(36)41)46-28-16-24(20-8-6-5-7-9-20)38-25-14-21(45-4)10-11-23(25)28/h5-11,14,16,22,26-27,30,42H,12-13,15,17-18H2,1-4H3,(H2,36,41)(H,37,43)(H,39,44)/t22-,26+,27+,30?/m1/s1. The van der Waals surface area contributed by atoms with Gasteiger partial charge in [0.15, 0.2) is 0 Å². The topological polar surface area (TPSA) is 189 Å². The van der Waals surface area contributed by atoms with E-state index >= 15 is 0 Å². The van der Waals surface area contributed by atoms with Crippen LogP contribution in [0.3, 0.4) is 0 Å². The Morgan fingerprint density at radius 1 is 1.17 bits per heavy atom. The number of carbonyl (C=O) groups is 3. The van der Waals surface area contributed by atoms with Gasteiger partial charge in [-0.05, 0) is 45.7 Å². The molecule has 4 atom stereocenters. The predicted molar refractivity (Wildman–Crippen MR) is 172 cm³/mol. The lowest BCUT2D eigenvalue weighted by molar-refractivity contribution is -0.128. The van der Waals surface area contributed by atoms with E-state index in [1.54, 1.807) is 33.9 Å². The number of aliphatic hydroxyl groups is 1. The van der Waals surface area contributed by atoms with Gasteiger partial charge in [0.1, 0.15) is 34.8 Å². The van der Waals surface area contributed by atoms with Crippen molar-refractivity contribution >= 4 is 28.8 Å². The maximum atomic E-state index is 12.8. The number of nitrogens with zero attached hydrogens (tertiary/aromatic N) is 3. The second-order valence-corrected chi connectivity index (χ2v) is 12.9. The van der Waals surface area contributed by atoms with E-state index in [0.29, 0.717) is 35.6 Å². The Morgan fingerprint density at radius 3 is 2.51 bits per heavy atom. The highest BCUT2D eigenvalue weighted by molar-refractivity contribution is 5.89. The first-order valence-electron chi connectivity index (χ1n) is 15.5. The summed E-state index contributed by atoms with van der Waals surface area (Å²) in [6, 6.07) is 16.8. The van der Waals surface area contributed by atoms with Gasteiger partial charge in [0, 0.05) is 42.6 Å². The van der Waals surface area contributed by atoms with Gasteiger partial charge in [-0.1, -0.05) is 30.3 Å². The summed E-state index contributed by atoms with van der Waals surface area (Å²) in [6.45, 7) is 4.91. The lowest BCUT2D eigenvalue weighted by Gasteiger charge is -2.34. The number of fused-ring (bicyclic) bond motifs is 1. The molecule has 47 heavy (non-hydrogen) atoms. The molecule has 5 N–H and O–H groups in total. The van der Waals surface area contributed by atoms with Crippen LogP contribution in [0, 0.1) is 16.7 Å². The first-order valence-corrected chi connectivity index (χ1v) is 15.5. The minimum atomic E-state index is -1.48. The number of hydrogen-bond donors (Lipinski definition) is 4. The van der Waals surface area contributed by atoms with E-state index in [-0.39, 0.29) is 19.5 Å². The van der Waals surface area contributed by atoms with Crippen molar-refractivity contribution in [3.63, 3.8) is 0 Å². The van der Waals surface area contributed by atoms with Crippen molar-refractivity contribution in [1.82, 2.24) is 20.5 Å². The Bertz CT molecular complexity index is 1680. The molecule has 2 aliphatic rings. The first kappa shape index (κ1) is 33.4. The molecule has 5 rings (SSSR count). The van der Waals surface area contributed by atoms with Crippen LogP contribution in [0.1, 0.15) is 40.0 Å². The largest absolute Gasteiger partial charge is 0.497 e. The molecule has 0 bridgehead atoms. The van der Waals surface area contributed by atoms with Crippen molar-refractivity contribution in [1.29, 1.82) is 5.26 Å². The molecule has 0 spiro atoms. The molecule has 2 aromatic carbocycles. The molecule has 1 aliphatic heterocycles. The summed E-state index contributed by atoms with van der Waals surface area (Å²) in [5, 5.41) is 27.1. The SMILES string of the molecule is COc1ccc2c(O[C@@H]3C[C@@H](C(N)=O)N(C(O)[C@H](CNC(=O)C4(C#N)CC4)NC(=O)OC(C)(C)C)C3)cc(-c3ccccc3)nc2c1. The second-order valence-electron chi connectivity index (χ2n) is 12.9. The minimum Gasteiger partial charge on any atom is -0.497 e. The van der Waals surface area contributed by atoms with Gasteiger partial charge in [-0.25, -0.2) is 9.78 Å². The van der Waals surface area contributed by atoms with Crippen molar-refractivity contribution in [2.24, 2.45) is 11.1 Å². The number of primary amides is 1. The van der Waals surface area contributed by atoms with E-state index in [0.717, 1.165) is 10.9 Å². The molecule has 1 saturated heterocycles. The van der Waals surface area contributed by atoms with Gasteiger partial charge in [-0.3, -0.25) is 14.5 Å². The summed E-state index contributed by atoms with van der Waals surface area (Å²) in [4.78, 5) is 44.5. The molecule has 2 fully saturated rings. The van der Waals surface area contributed by atoms with Crippen molar-refractivity contribution in [2.45, 2.75) is 70.1 Å². The third-order valence-corrected chi connectivity index (χ3v) is 8.25. The van der Waals surface area contributed by atoms with Crippen LogP contribution < -0.4 is 25.8 Å². The molecular formula is C34H40N6O7. The van der Waals surface area contributed by atoms with Gasteiger partial charge in [0.05, 0.1) is 36.5 Å². The molecule has 3 amide bonds. The molecule has 0 radical (unpaired) electrons. The van der Waals surface area contributed by atoms with Crippen LogP contribution in [0.4, 0.5) is 4.79 Å². The Hall–Kier alpha value is -4.93. The number of carbonyl (C=O) groups excluding carboxylic acids is 3. The van der Waals surface area contributed by atoms with Crippen molar-refractivity contribution in [3.05, 3.63) is 54.6 Å². The number of ether oxygens (including phenoxy) is 3. The van der Waals surface area contributed by atoms with Crippen LogP contribution in [0.5, 0.6) is 11.5 Å². The fourth-order valence-electron chi connectivity index (χ4n) is 5.62. The maximum Gasteiger partial charge on any atom is 0.408 e. The van der Waals surface area contributed by atoms with Crippen LogP contribution in [0.25, 0.3) is 22.2 Å². The zero-order chi connectivity index (χ0) is 33.9. The lowest BCUT2D eigenvalue weighted by Crippen LogP contribution is -2.59. The molecule has 2 heterocycles. The number of nitrogens with one attached hydrogen (secondary N) is 2. The number of hydrogen-bond acceptors (Lipinski definition) is 10. The molecule has 1 aliphatic carbocycles. The van der Waals surface area contributed by atoms with E-state index in [9.17, 15) is 24.8 Å². The molecule has 1 aromatic heterocycles. The average Bonchev–Trinajstić information content (AvgIpc) is 3.73. The number of benzene rings is 2. The third-order valence-electron chi connectivity index (χ3n) is 8.25. The first-order chi connectivity index (χ1) is 22.3. The fraction of sp³-hybridized carbons (Fsp3) is 0.441. The van der Waals surface area contributed by atoms with Gasteiger partial charge in [0.2, 0.25) is 11.8 Å². The number of nitrogens with two attached hydrogens (primary N) is 1. The lowest BCUT2D eigenvalue weighted by atomic mass is 10.1. The number of aromatic nitrogens is 1. The summed E-state index contributed by atoms with van der Waals surface area (Å²) in [6.07, 6.45) is -1.89. The third kappa shape index (κ3) is 7.73.